The number of carboxylic acids is 1. The van der Waals surface area contributed by atoms with Gasteiger partial charge in [0.2, 0.25) is 5.97 Å². The van der Waals surface area contributed by atoms with Crippen molar-refractivity contribution >= 4 is 5.97 Å². The van der Waals surface area contributed by atoms with Crippen LogP contribution in [0.15, 0.2) is 66.7 Å². The molecule has 0 aromatic heterocycles. The zero-order valence-electron chi connectivity index (χ0n) is 15.0. The molecule has 0 amide bonds. The van der Waals surface area contributed by atoms with Gasteiger partial charge in [-0.3, -0.25) is 0 Å². The minimum Gasteiger partial charge on any atom is -0.528 e. The van der Waals surface area contributed by atoms with Crippen molar-refractivity contribution in [1.29, 1.82) is 0 Å². The molecule has 0 bridgehead atoms. The van der Waals surface area contributed by atoms with E-state index in [9.17, 15) is 9.90 Å². The minimum absolute atomic E-state index is 0. The Kier molecular flexibility index (Phi) is 8.02. The number of hydrogen-bond donors (Lipinski definition) is 1. The maximum Gasteiger partial charge on any atom is 0.247 e. The summed E-state index contributed by atoms with van der Waals surface area (Å²) in [6, 6.07) is 23.8. The van der Waals surface area contributed by atoms with E-state index in [1.807, 2.05) is 60.7 Å². The molecule has 27 heavy (non-hydrogen) atoms. The molecule has 0 atom stereocenters. The van der Waals surface area contributed by atoms with Gasteiger partial charge in [-0.05, 0) is 11.1 Å². The summed E-state index contributed by atoms with van der Waals surface area (Å²) >= 11 is 0. The van der Waals surface area contributed by atoms with Crippen molar-refractivity contribution in [2.24, 2.45) is 0 Å². The minimum atomic E-state index is -1.05. The molecule has 0 saturated heterocycles. The average molecular weight is 436 g/mol. The number of carbonyl (C=O) groups is 1. The van der Waals surface area contributed by atoms with Crippen LogP contribution in [0.4, 0.5) is 0 Å². The largest absolute Gasteiger partial charge is 0.528 e. The van der Waals surface area contributed by atoms with Crippen molar-refractivity contribution in [3.05, 3.63) is 95.1 Å². The molecule has 0 unspecified atom stereocenters. The average Bonchev–Trinajstić information content (AvgIpc) is 2.66. The van der Waals surface area contributed by atoms with Crippen LogP contribution in [0.1, 0.15) is 27.0 Å². The molecule has 5 heteroatoms. The van der Waals surface area contributed by atoms with Crippen LogP contribution >= 0.6 is 0 Å². The number of hydrogen-bond acceptors (Lipinski definition) is 3. The Hall–Kier alpha value is -2.17. The summed E-state index contributed by atoms with van der Waals surface area (Å²) in [5.41, 5.74) is 2.74. The molecule has 0 aliphatic carbocycles. The fourth-order valence-corrected chi connectivity index (χ4v) is 2.53. The zero-order chi connectivity index (χ0) is 18.4. The summed E-state index contributed by atoms with van der Waals surface area (Å²) < 4.78 is 11.8. The monoisotopic (exact) mass is 436 g/mol. The number of carboxylic acid groups (broad SMARTS) is 1. The van der Waals surface area contributed by atoms with E-state index >= 15 is 0 Å². The molecule has 3 rings (SSSR count). The Bertz CT molecular complexity index is 880. The summed E-state index contributed by atoms with van der Waals surface area (Å²) in [7, 11) is 0. The molecule has 1 radical (unpaired) electrons. The van der Waals surface area contributed by atoms with Crippen LogP contribution < -0.4 is 9.47 Å². The van der Waals surface area contributed by atoms with E-state index in [1.54, 1.807) is 6.92 Å². The summed E-state index contributed by atoms with van der Waals surface area (Å²) in [5.74, 6) is -0.232. The number of benzene rings is 3. The van der Waals surface area contributed by atoms with Gasteiger partial charge in [-0.25, -0.2) is 0 Å². The van der Waals surface area contributed by atoms with Crippen LogP contribution in [0.3, 0.4) is 0 Å². The van der Waals surface area contributed by atoms with Gasteiger partial charge in [0.25, 0.3) is 0 Å². The van der Waals surface area contributed by atoms with Gasteiger partial charge in [-0.15, -0.1) is 6.07 Å². The first-order valence-electron chi connectivity index (χ1n) is 8.27. The van der Waals surface area contributed by atoms with E-state index in [2.05, 4.69) is 6.07 Å². The molecular weight excluding hydrogens is 417 g/mol. The molecule has 0 aliphatic heterocycles. The Morgan fingerprint density at radius 1 is 0.926 bits per heavy atom. The second-order valence-electron chi connectivity index (χ2n) is 5.88. The third-order valence-electron chi connectivity index (χ3n) is 3.86. The van der Waals surface area contributed by atoms with Crippen molar-refractivity contribution < 1.29 is 52.1 Å². The summed E-state index contributed by atoms with van der Waals surface area (Å²) in [6.45, 7) is 2.47. The van der Waals surface area contributed by atoms with E-state index in [0.29, 0.717) is 30.3 Å². The smallest absolute Gasteiger partial charge is 0.247 e. The topological polar surface area (TPSA) is 55.8 Å². The molecule has 1 N–H and O–H groups in total. The molecule has 0 saturated carbocycles. The van der Waals surface area contributed by atoms with Crippen molar-refractivity contribution in [3.63, 3.8) is 0 Å². The maximum absolute atomic E-state index is 11.3. The van der Waals surface area contributed by atoms with Crippen LogP contribution in [0.5, 0.6) is 11.5 Å². The molecule has 3 aromatic carbocycles. The molecule has 3 aromatic rings. The predicted octanol–water partition coefficient (Wildman–Crippen LogP) is 4.65. The van der Waals surface area contributed by atoms with Gasteiger partial charge in [-0.1, -0.05) is 84.8 Å². The predicted molar refractivity (Wildman–Crippen MR) is 98.5 cm³/mol. The van der Waals surface area contributed by atoms with Crippen LogP contribution in [0.2, 0.25) is 0 Å². The molecule has 0 spiro atoms. The van der Waals surface area contributed by atoms with Crippen LogP contribution in [-0.2, 0) is 45.9 Å². The molecule has 0 aliphatic rings. The molecular formula is C22H19O4Y-. The van der Waals surface area contributed by atoms with E-state index in [4.69, 9.17) is 9.47 Å². The maximum atomic E-state index is 11.3. The van der Waals surface area contributed by atoms with Crippen molar-refractivity contribution in [2.45, 2.75) is 20.1 Å². The first-order valence-corrected chi connectivity index (χ1v) is 8.27. The van der Waals surface area contributed by atoms with Crippen molar-refractivity contribution in [2.75, 3.05) is 0 Å². The Labute approximate surface area is 184 Å². The molecule has 0 heterocycles. The van der Waals surface area contributed by atoms with Crippen molar-refractivity contribution in [3.8, 4) is 11.5 Å². The van der Waals surface area contributed by atoms with E-state index in [-0.39, 0.29) is 38.3 Å². The zero-order valence-corrected chi connectivity index (χ0v) is 17.9. The SMILES string of the molecule is Cc1cc(C(=O)O)[c-]c(OCc2ccccc2)c1OCc1ccccc1.[Y]. The first kappa shape index (κ1) is 21.1. The summed E-state index contributed by atoms with van der Waals surface area (Å²) in [5, 5.41) is 9.29. The molecule has 0 fully saturated rings. The summed E-state index contributed by atoms with van der Waals surface area (Å²) in [4.78, 5) is 11.3. The quantitative estimate of drug-likeness (QED) is 0.548. The summed E-state index contributed by atoms with van der Waals surface area (Å²) in [6.07, 6.45) is 0. The molecule has 4 nitrogen and oxygen atoms in total. The third-order valence-corrected chi connectivity index (χ3v) is 3.86. The van der Waals surface area contributed by atoms with Gasteiger partial charge in [0.05, 0.1) is 11.5 Å². The van der Waals surface area contributed by atoms with Gasteiger partial charge in [0, 0.05) is 32.7 Å². The van der Waals surface area contributed by atoms with Gasteiger partial charge < -0.3 is 19.4 Å². The third kappa shape index (κ3) is 5.91. The van der Waals surface area contributed by atoms with Gasteiger partial charge in [0.1, 0.15) is 13.2 Å². The van der Waals surface area contributed by atoms with E-state index in [0.717, 1.165) is 11.1 Å². The fraction of sp³-hybridized carbons (Fsp3) is 0.136. The van der Waals surface area contributed by atoms with E-state index in [1.165, 1.54) is 6.07 Å². The standard InChI is InChI=1S/C22H19O4.Y/c1-16-12-19(22(23)24)13-20(25-14-17-8-4-2-5-9-17)21(16)26-15-18-10-6-3-7-11-18;/h2-12H,14-15H2,1H3,(H,23,24);/q-1;. The van der Waals surface area contributed by atoms with Crippen LogP contribution in [0, 0.1) is 13.0 Å². The van der Waals surface area contributed by atoms with Gasteiger partial charge in [-0.2, -0.15) is 0 Å². The molecule has 135 valence electrons. The van der Waals surface area contributed by atoms with Gasteiger partial charge >= 0.3 is 0 Å². The Morgan fingerprint density at radius 3 is 1.96 bits per heavy atom. The normalized spacial score (nSPS) is 9.96. The fourth-order valence-electron chi connectivity index (χ4n) is 2.53. The number of aromatic carboxylic acids is 1. The Balaban J connectivity index is 0.00000261. The second kappa shape index (κ2) is 10.2. The number of ether oxygens (including phenoxy) is 2. The second-order valence-corrected chi connectivity index (χ2v) is 5.88. The van der Waals surface area contributed by atoms with Gasteiger partial charge in [0.15, 0.2) is 0 Å². The first-order chi connectivity index (χ1) is 12.6. The number of rotatable bonds is 7. The van der Waals surface area contributed by atoms with E-state index < -0.39 is 5.97 Å². The number of aryl methyl sites for hydroxylation is 1. The van der Waals surface area contributed by atoms with Crippen LogP contribution in [0.25, 0.3) is 0 Å². The van der Waals surface area contributed by atoms with Crippen molar-refractivity contribution in [1.82, 2.24) is 0 Å². The van der Waals surface area contributed by atoms with Crippen LogP contribution in [-0.4, -0.2) is 11.1 Å². The Morgan fingerprint density at radius 2 is 1.44 bits per heavy atom.